The molecule has 1 atom stereocenters. The number of aromatic nitrogens is 2. The standard InChI is InChI=1S/C21H23BrN4O2S/c1-4-26(5-2)18-11-9-15(10-12-18)20-24-25-21(28-20)29-14(3)19(27)23-17-8-6-7-16(22)13-17/h6-14H,4-5H2,1-3H3,(H,23,27). The minimum Gasteiger partial charge on any atom is -0.411 e. The summed E-state index contributed by atoms with van der Waals surface area (Å²) in [7, 11) is 0. The molecule has 1 heterocycles. The second-order valence-electron chi connectivity index (χ2n) is 6.35. The highest BCUT2D eigenvalue weighted by atomic mass is 79.9. The van der Waals surface area contributed by atoms with Crippen LogP contribution in [0.3, 0.4) is 0 Å². The van der Waals surface area contributed by atoms with Crippen LogP contribution >= 0.6 is 27.7 Å². The van der Waals surface area contributed by atoms with Gasteiger partial charge in [-0.05, 0) is 63.2 Å². The molecule has 152 valence electrons. The molecule has 1 aromatic heterocycles. The number of halogens is 1. The lowest BCUT2D eigenvalue weighted by molar-refractivity contribution is -0.115. The second kappa shape index (κ2) is 9.93. The van der Waals surface area contributed by atoms with E-state index in [1.165, 1.54) is 11.8 Å². The van der Waals surface area contributed by atoms with Crippen LogP contribution in [0.4, 0.5) is 11.4 Å². The Hall–Kier alpha value is -2.32. The summed E-state index contributed by atoms with van der Waals surface area (Å²) in [5.41, 5.74) is 2.74. The van der Waals surface area contributed by atoms with Crippen molar-refractivity contribution in [2.24, 2.45) is 0 Å². The number of thioether (sulfide) groups is 1. The van der Waals surface area contributed by atoms with Crippen molar-refractivity contribution >= 4 is 45.0 Å². The van der Waals surface area contributed by atoms with Crippen LogP contribution in [-0.2, 0) is 4.79 Å². The van der Waals surface area contributed by atoms with Gasteiger partial charge in [-0.15, -0.1) is 10.2 Å². The van der Waals surface area contributed by atoms with Gasteiger partial charge < -0.3 is 14.6 Å². The first kappa shape index (κ1) is 21.4. The van der Waals surface area contributed by atoms with E-state index in [0.717, 1.165) is 34.5 Å². The average molecular weight is 475 g/mol. The summed E-state index contributed by atoms with van der Waals surface area (Å²) in [5, 5.41) is 11.1. The lowest BCUT2D eigenvalue weighted by atomic mass is 10.2. The van der Waals surface area contributed by atoms with Gasteiger partial charge >= 0.3 is 0 Å². The third-order valence-corrected chi connectivity index (χ3v) is 5.82. The van der Waals surface area contributed by atoms with E-state index in [1.54, 1.807) is 6.92 Å². The van der Waals surface area contributed by atoms with Gasteiger partial charge in [0, 0.05) is 34.5 Å². The Morgan fingerprint density at radius 2 is 1.90 bits per heavy atom. The molecule has 1 N–H and O–H groups in total. The highest BCUT2D eigenvalue weighted by Crippen LogP contribution is 2.28. The maximum Gasteiger partial charge on any atom is 0.277 e. The highest BCUT2D eigenvalue weighted by Gasteiger charge is 2.19. The van der Waals surface area contributed by atoms with Crippen molar-refractivity contribution in [3.63, 3.8) is 0 Å². The Balaban J connectivity index is 1.63. The zero-order valence-electron chi connectivity index (χ0n) is 16.6. The van der Waals surface area contributed by atoms with Gasteiger partial charge in [-0.1, -0.05) is 33.8 Å². The number of benzene rings is 2. The number of hydrogen-bond acceptors (Lipinski definition) is 6. The van der Waals surface area contributed by atoms with Gasteiger partial charge in [0.05, 0.1) is 5.25 Å². The first-order valence-electron chi connectivity index (χ1n) is 9.42. The third kappa shape index (κ3) is 5.61. The molecule has 0 aliphatic heterocycles. The molecule has 0 saturated heterocycles. The SMILES string of the molecule is CCN(CC)c1ccc(-c2nnc(SC(C)C(=O)Nc3cccc(Br)c3)o2)cc1. The number of nitrogens with zero attached hydrogens (tertiary/aromatic N) is 3. The largest absolute Gasteiger partial charge is 0.411 e. The minimum atomic E-state index is -0.382. The highest BCUT2D eigenvalue weighted by molar-refractivity contribution is 9.10. The van der Waals surface area contributed by atoms with Gasteiger partial charge in [0.2, 0.25) is 11.8 Å². The Morgan fingerprint density at radius 1 is 1.17 bits per heavy atom. The third-order valence-electron chi connectivity index (χ3n) is 4.39. The molecule has 1 unspecified atom stereocenters. The summed E-state index contributed by atoms with van der Waals surface area (Å²) in [6.07, 6.45) is 0. The molecule has 29 heavy (non-hydrogen) atoms. The summed E-state index contributed by atoms with van der Waals surface area (Å²) in [6, 6.07) is 15.5. The van der Waals surface area contributed by atoms with Crippen molar-refractivity contribution in [2.75, 3.05) is 23.3 Å². The fourth-order valence-electron chi connectivity index (χ4n) is 2.79. The lowest BCUT2D eigenvalue weighted by Crippen LogP contribution is -2.22. The van der Waals surface area contributed by atoms with Crippen LogP contribution in [0.15, 0.2) is 62.6 Å². The van der Waals surface area contributed by atoms with Crippen LogP contribution in [0.2, 0.25) is 0 Å². The summed E-state index contributed by atoms with van der Waals surface area (Å²) < 4.78 is 6.66. The van der Waals surface area contributed by atoms with Gasteiger partial charge in [-0.25, -0.2) is 0 Å². The molecule has 0 spiro atoms. The Labute approximate surface area is 183 Å². The number of carbonyl (C=O) groups is 1. The fraction of sp³-hybridized carbons (Fsp3) is 0.286. The molecular formula is C21H23BrN4O2S. The number of amides is 1. The Kier molecular flexibility index (Phi) is 7.33. The summed E-state index contributed by atoms with van der Waals surface area (Å²) in [5.74, 6) is 0.314. The van der Waals surface area contributed by atoms with E-state index in [4.69, 9.17) is 4.42 Å². The molecule has 8 heteroatoms. The lowest BCUT2D eigenvalue weighted by Gasteiger charge is -2.20. The van der Waals surface area contributed by atoms with Crippen molar-refractivity contribution in [3.05, 3.63) is 53.0 Å². The van der Waals surface area contributed by atoms with Gasteiger partial charge in [-0.3, -0.25) is 4.79 Å². The molecule has 0 radical (unpaired) electrons. The van der Waals surface area contributed by atoms with E-state index in [-0.39, 0.29) is 11.2 Å². The van der Waals surface area contributed by atoms with Gasteiger partial charge in [0.1, 0.15) is 0 Å². The molecule has 0 bridgehead atoms. The predicted molar refractivity (Wildman–Crippen MR) is 121 cm³/mol. The van der Waals surface area contributed by atoms with E-state index in [1.807, 2.05) is 48.5 Å². The Morgan fingerprint density at radius 3 is 2.55 bits per heavy atom. The molecule has 0 aliphatic carbocycles. The van der Waals surface area contributed by atoms with E-state index in [2.05, 4.69) is 50.2 Å². The van der Waals surface area contributed by atoms with Crippen molar-refractivity contribution in [1.82, 2.24) is 10.2 Å². The van der Waals surface area contributed by atoms with E-state index >= 15 is 0 Å². The van der Waals surface area contributed by atoms with Crippen molar-refractivity contribution in [3.8, 4) is 11.5 Å². The smallest absolute Gasteiger partial charge is 0.277 e. The van der Waals surface area contributed by atoms with Crippen molar-refractivity contribution in [2.45, 2.75) is 31.2 Å². The van der Waals surface area contributed by atoms with Crippen LogP contribution in [0, 0.1) is 0 Å². The zero-order chi connectivity index (χ0) is 20.8. The maximum absolute atomic E-state index is 12.4. The van der Waals surface area contributed by atoms with Crippen LogP contribution < -0.4 is 10.2 Å². The zero-order valence-corrected chi connectivity index (χ0v) is 19.0. The summed E-state index contributed by atoms with van der Waals surface area (Å²) in [6.45, 7) is 7.98. The normalized spacial score (nSPS) is 11.9. The van der Waals surface area contributed by atoms with Crippen LogP contribution in [-0.4, -0.2) is 34.4 Å². The average Bonchev–Trinajstić information content (AvgIpc) is 3.18. The second-order valence-corrected chi connectivity index (χ2v) is 8.56. The maximum atomic E-state index is 12.4. The van der Waals surface area contributed by atoms with E-state index < -0.39 is 0 Å². The van der Waals surface area contributed by atoms with E-state index in [0.29, 0.717) is 11.1 Å². The van der Waals surface area contributed by atoms with Gasteiger partial charge in [-0.2, -0.15) is 0 Å². The molecule has 6 nitrogen and oxygen atoms in total. The van der Waals surface area contributed by atoms with Crippen molar-refractivity contribution < 1.29 is 9.21 Å². The monoisotopic (exact) mass is 474 g/mol. The molecule has 0 saturated carbocycles. The molecule has 0 aliphatic rings. The fourth-order valence-corrected chi connectivity index (χ4v) is 3.88. The first-order chi connectivity index (χ1) is 14.0. The number of carbonyl (C=O) groups excluding carboxylic acids is 1. The minimum absolute atomic E-state index is 0.128. The first-order valence-corrected chi connectivity index (χ1v) is 11.1. The number of rotatable bonds is 8. The molecule has 3 aromatic rings. The molecule has 0 fully saturated rings. The number of nitrogens with one attached hydrogen (secondary N) is 1. The molecule has 3 rings (SSSR count). The van der Waals surface area contributed by atoms with Crippen LogP contribution in [0.5, 0.6) is 0 Å². The topological polar surface area (TPSA) is 71.3 Å². The predicted octanol–water partition coefficient (Wildman–Crippen LogP) is 5.46. The van der Waals surface area contributed by atoms with Gasteiger partial charge in [0.25, 0.3) is 5.22 Å². The van der Waals surface area contributed by atoms with Crippen LogP contribution in [0.25, 0.3) is 11.5 Å². The Bertz CT molecular complexity index is 957. The van der Waals surface area contributed by atoms with Crippen molar-refractivity contribution in [1.29, 1.82) is 0 Å². The summed E-state index contributed by atoms with van der Waals surface area (Å²) >= 11 is 4.63. The molecule has 1 amide bonds. The van der Waals surface area contributed by atoms with Gasteiger partial charge in [0.15, 0.2) is 0 Å². The van der Waals surface area contributed by atoms with E-state index in [9.17, 15) is 4.79 Å². The number of anilines is 2. The molecular weight excluding hydrogens is 452 g/mol. The quantitative estimate of drug-likeness (QED) is 0.436. The van der Waals surface area contributed by atoms with Crippen LogP contribution in [0.1, 0.15) is 20.8 Å². The summed E-state index contributed by atoms with van der Waals surface area (Å²) in [4.78, 5) is 14.7. The molecule has 2 aromatic carbocycles. The number of hydrogen-bond donors (Lipinski definition) is 1.